The second-order valence-electron chi connectivity index (χ2n) is 7.61. The first-order valence-electron chi connectivity index (χ1n) is 9.72. The predicted octanol–water partition coefficient (Wildman–Crippen LogP) is 6.03. The molecule has 0 fully saturated rings. The van der Waals surface area contributed by atoms with Crippen molar-refractivity contribution in [1.29, 1.82) is 0 Å². The van der Waals surface area contributed by atoms with E-state index in [-0.39, 0.29) is 5.91 Å². The topological polar surface area (TPSA) is 80.9 Å². The van der Waals surface area contributed by atoms with E-state index in [1.54, 1.807) is 0 Å². The maximum absolute atomic E-state index is 12.9. The molecule has 3 N–H and O–H groups in total. The number of thiophene rings is 1. The summed E-state index contributed by atoms with van der Waals surface area (Å²) in [6.07, 6.45) is 3.15. The summed E-state index contributed by atoms with van der Waals surface area (Å²) in [6.45, 7) is 2.26. The minimum Gasteiger partial charge on any atom is -0.397 e. The van der Waals surface area contributed by atoms with E-state index in [4.69, 9.17) is 22.3 Å². The molecule has 0 saturated carbocycles. The fourth-order valence-corrected chi connectivity index (χ4v) is 5.75. The molecule has 0 bridgehead atoms. The van der Waals surface area contributed by atoms with Crippen molar-refractivity contribution in [2.75, 3.05) is 11.1 Å². The van der Waals surface area contributed by atoms with Crippen LogP contribution in [-0.4, -0.2) is 15.9 Å². The number of carbonyl (C=O) groups excluding carboxylic acids is 1. The van der Waals surface area contributed by atoms with Crippen LogP contribution in [0.1, 0.15) is 34.3 Å². The molecular weight excluding hydrogens is 436 g/mol. The molecule has 4 aromatic rings. The summed E-state index contributed by atoms with van der Waals surface area (Å²) in [6, 6.07) is 9.62. The lowest BCUT2D eigenvalue weighted by atomic mass is 9.87. The number of benzene rings is 1. The molecule has 0 spiro atoms. The number of rotatable bonds is 3. The molecule has 0 saturated heterocycles. The third kappa shape index (κ3) is 3.47. The Morgan fingerprint density at radius 3 is 2.97 bits per heavy atom. The zero-order valence-electron chi connectivity index (χ0n) is 16.2. The van der Waals surface area contributed by atoms with Crippen molar-refractivity contribution in [3.05, 3.63) is 56.9 Å². The lowest BCUT2D eigenvalue weighted by Gasteiger charge is -2.20. The Kier molecular flexibility index (Phi) is 4.97. The van der Waals surface area contributed by atoms with Crippen molar-refractivity contribution in [2.45, 2.75) is 26.2 Å². The van der Waals surface area contributed by atoms with Crippen molar-refractivity contribution in [2.24, 2.45) is 5.92 Å². The zero-order valence-corrected chi connectivity index (χ0v) is 18.6. The SMILES string of the molecule is CC1CCc2nc3sc(C(=O)Nc4nc(-c5ccccc5Cl)cs4)c(N)c3cc2C1. The Bertz CT molecular complexity index is 1280. The number of hydrogen-bond donors (Lipinski definition) is 2. The van der Waals surface area contributed by atoms with Gasteiger partial charge in [-0.15, -0.1) is 22.7 Å². The molecule has 1 unspecified atom stereocenters. The van der Waals surface area contributed by atoms with Gasteiger partial charge in [0.15, 0.2) is 5.13 Å². The normalized spacial score (nSPS) is 15.9. The third-order valence-corrected chi connectivity index (χ3v) is 7.61. The van der Waals surface area contributed by atoms with Gasteiger partial charge in [-0.1, -0.05) is 36.7 Å². The van der Waals surface area contributed by atoms with Crippen molar-refractivity contribution in [1.82, 2.24) is 9.97 Å². The first kappa shape index (κ1) is 19.5. The molecule has 30 heavy (non-hydrogen) atoms. The predicted molar refractivity (Wildman–Crippen MR) is 126 cm³/mol. The van der Waals surface area contributed by atoms with Gasteiger partial charge in [0.2, 0.25) is 0 Å². The average molecular weight is 455 g/mol. The second-order valence-corrected chi connectivity index (χ2v) is 9.88. The Hall–Kier alpha value is -2.48. The smallest absolute Gasteiger partial charge is 0.269 e. The molecule has 0 radical (unpaired) electrons. The van der Waals surface area contributed by atoms with Crippen LogP contribution in [0.3, 0.4) is 0 Å². The number of nitrogens with one attached hydrogen (secondary N) is 1. The summed E-state index contributed by atoms with van der Waals surface area (Å²) in [4.78, 5) is 23.5. The third-order valence-electron chi connectivity index (χ3n) is 5.41. The molecule has 1 aliphatic rings. The molecule has 0 aliphatic heterocycles. The van der Waals surface area contributed by atoms with E-state index >= 15 is 0 Å². The molecule has 3 aromatic heterocycles. The summed E-state index contributed by atoms with van der Waals surface area (Å²) in [5.41, 5.74) is 10.8. The molecule has 5 nitrogen and oxygen atoms in total. The summed E-state index contributed by atoms with van der Waals surface area (Å²) >= 11 is 8.95. The standard InChI is InChI=1S/C22H19ClN4OS2/c1-11-6-7-16-12(8-11)9-14-18(24)19(30-21(14)25-16)20(28)27-22-26-17(10-29-22)13-4-2-3-5-15(13)23/h2-5,9-11H,6-8,24H2,1H3,(H,26,27,28). The van der Waals surface area contributed by atoms with E-state index in [2.05, 4.69) is 23.3 Å². The van der Waals surface area contributed by atoms with Gasteiger partial charge < -0.3 is 5.73 Å². The van der Waals surface area contributed by atoms with Gasteiger partial charge in [-0.25, -0.2) is 9.97 Å². The number of nitrogens with zero attached hydrogens (tertiary/aromatic N) is 2. The van der Waals surface area contributed by atoms with Crippen LogP contribution in [0.2, 0.25) is 5.02 Å². The molecule has 8 heteroatoms. The van der Waals surface area contributed by atoms with Crippen LogP contribution in [0.25, 0.3) is 21.5 Å². The second kappa shape index (κ2) is 7.65. The first-order chi connectivity index (χ1) is 14.5. The van der Waals surface area contributed by atoms with E-state index in [0.717, 1.165) is 46.4 Å². The highest BCUT2D eigenvalue weighted by molar-refractivity contribution is 7.21. The van der Waals surface area contributed by atoms with Crippen LogP contribution in [0.15, 0.2) is 35.7 Å². The van der Waals surface area contributed by atoms with Crippen LogP contribution < -0.4 is 11.1 Å². The summed E-state index contributed by atoms with van der Waals surface area (Å²) in [5, 5.41) is 6.75. The number of halogens is 1. The first-order valence-corrected chi connectivity index (χ1v) is 11.8. The van der Waals surface area contributed by atoms with Crippen molar-refractivity contribution < 1.29 is 4.79 Å². The van der Waals surface area contributed by atoms with Gasteiger partial charge in [0, 0.05) is 27.0 Å². The van der Waals surface area contributed by atoms with Crippen LogP contribution in [0.4, 0.5) is 10.8 Å². The highest BCUT2D eigenvalue weighted by Crippen LogP contribution is 2.37. The van der Waals surface area contributed by atoms with Gasteiger partial charge in [0.25, 0.3) is 5.91 Å². The molecule has 5 rings (SSSR count). The van der Waals surface area contributed by atoms with Crippen molar-refractivity contribution in [3.8, 4) is 11.3 Å². The largest absolute Gasteiger partial charge is 0.397 e. The number of aromatic nitrogens is 2. The van der Waals surface area contributed by atoms with Crippen LogP contribution in [-0.2, 0) is 12.8 Å². The minimum atomic E-state index is -0.262. The fraction of sp³-hybridized carbons (Fsp3) is 0.227. The van der Waals surface area contributed by atoms with Crippen molar-refractivity contribution >= 4 is 61.2 Å². The van der Waals surface area contributed by atoms with E-state index in [1.807, 2.05) is 29.6 Å². The van der Waals surface area contributed by atoms with Crippen LogP contribution in [0.5, 0.6) is 0 Å². The lowest BCUT2D eigenvalue weighted by molar-refractivity contribution is 0.103. The maximum atomic E-state index is 12.9. The molecular formula is C22H19ClN4OS2. The minimum absolute atomic E-state index is 0.262. The Balaban J connectivity index is 1.43. The molecule has 1 aromatic carbocycles. The number of pyridine rings is 1. The Morgan fingerprint density at radius 1 is 1.30 bits per heavy atom. The van der Waals surface area contributed by atoms with Crippen LogP contribution in [0, 0.1) is 5.92 Å². The summed E-state index contributed by atoms with van der Waals surface area (Å²) < 4.78 is 0. The van der Waals surface area contributed by atoms with E-state index < -0.39 is 0 Å². The average Bonchev–Trinajstić information content (AvgIpc) is 3.31. The van der Waals surface area contributed by atoms with E-state index in [1.165, 1.54) is 28.2 Å². The van der Waals surface area contributed by atoms with E-state index in [9.17, 15) is 4.79 Å². The number of carbonyl (C=O) groups is 1. The maximum Gasteiger partial charge on any atom is 0.269 e. The van der Waals surface area contributed by atoms with E-state index in [0.29, 0.717) is 26.6 Å². The molecule has 1 aliphatic carbocycles. The number of thiazole rings is 1. The lowest BCUT2D eigenvalue weighted by Crippen LogP contribution is -2.12. The van der Waals surface area contributed by atoms with Gasteiger partial charge in [0.05, 0.1) is 11.4 Å². The number of fused-ring (bicyclic) bond motifs is 2. The number of anilines is 2. The Labute approximate surface area is 186 Å². The Morgan fingerprint density at radius 2 is 2.13 bits per heavy atom. The summed E-state index contributed by atoms with van der Waals surface area (Å²) in [5.74, 6) is 0.387. The zero-order chi connectivity index (χ0) is 20.8. The molecule has 3 heterocycles. The molecule has 1 atom stereocenters. The monoisotopic (exact) mass is 454 g/mol. The highest BCUT2D eigenvalue weighted by Gasteiger charge is 2.23. The van der Waals surface area contributed by atoms with Gasteiger partial charge >= 0.3 is 0 Å². The van der Waals surface area contributed by atoms with Crippen molar-refractivity contribution in [3.63, 3.8) is 0 Å². The summed E-state index contributed by atoms with van der Waals surface area (Å²) in [7, 11) is 0. The number of nitrogens with two attached hydrogens (primary N) is 1. The molecule has 152 valence electrons. The fourth-order valence-electron chi connectivity index (χ4n) is 3.82. The van der Waals surface area contributed by atoms with Gasteiger partial charge in [-0.2, -0.15) is 0 Å². The quantitative estimate of drug-likeness (QED) is 0.395. The molecule has 1 amide bonds. The number of nitrogen functional groups attached to an aromatic ring is 1. The number of hydrogen-bond acceptors (Lipinski definition) is 6. The number of aryl methyl sites for hydroxylation is 1. The highest BCUT2D eigenvalue weighted by atomic mass is 35.5. The van der Waals surface area contributed by atoms with Gasteiger partial charge in [0.1, 0.15) is 9.71 Å². The van der Waals surface area contributed by atoms with Crippen LogP contribution >= 0.6 is 34.3 Å². The van der Waals surface area contributed by atoms with Gasteiger partial charge in [-0.05, 0) is 42.9 Å². The number of amides is 1. The van der Waals surface area contributed by atoms with Gasteiger partial charge in [-0.3, -0.25) is 10.1 Å².